The van der Waals surface area contributed by atoms with Crippen molar-refractivity contribution in [1.82, 2.24) is 9.78 Å². The predicted octanol–water partition coefficient (Wildman–Crippen LogP) is 8.63. The number of aryl methyl sites for hydroxylation is 6. The van der Waals surface area contributed by atoms with Crippen molar-refractivity contribution in [3.05, 3.63) is 149 Å². The lowest BCUT2D eigenvalue weighted by atomic mass is 10.0. The van der Waals surface area contributed by atoms with E-state index in [9.17, 15) is 0 Å². The molecule has 0 bridgehead atoms. The van der Waals surface area contributed by atoms with Gasteiger partial charge in [-0.15, -0.1) is 0 Å². The lowest BCUT2D eigenvalue weighted by Gasteiger charge is -2.33. The highest BCUT2D eigenvalue weighted by Crippen LogP contribution is 2.55. The third-order valence-corrected chi connectivity index (χ3v) is 11.3. The molecule has 1 aromatic heterocycles. The Kier molecular flexibility index (Phi) is 7.96. The molecule has 5 aromatic carbocycles. The van der Waals surface area contributed by atoms with Gasteiger partial charge in [0.05, 0.1) is 10.7 Å². The monoisotopic (exact) mass is 622 g/mol. The molecule has 230 valence electrons. The van der Waals surface area contributed by atoms with Gasteiger partial charge >= 0.3 is 11.4 Å². The molecule has 1 aliphatic rings. The molecule has 0 unspecified atom stereocenters. The maximum Gasteiger partial charge on any atom is 0.314 e. The van der Waals surface area contributed by atoms with Gasteiger partial charge in [-0.2, -0.15) is 4.57 Å². The number of para-hydroxylation sites is 2. The zero-order chi connectivity index (χ0) is 31.9. The van der Waals surface area contributed by atoms with Gasteiger partial charge in [0.25, 0.3) is 0 Å². The molecule has 6 aromatic rings. The van der Waals surface area contributed by atoms with E-state index >= 15 is 0 Å². The normalized spacial score (nSPS) is 13.5. The first-order valence-electron chi connectivity index (χ1n) is 16.0. The molecule has 0 saturated carbocycles. The van der Waals surface area contributed by atoms with Crippen LogP contribution in [0.25, 0.3) is 22.8 Å². The van der Waals surface area contributed by atoms with E-state index < -0.39 is 8.22 Å². The van der Waals surface area contributed by atoms with Crippen molar-refractivity contribution in [2.45, 2.75) is 41.5 Å². The molecule has 5 nitrogen and oxygen atoms in total. The number of benzene rings is 5. The summed E-state index contributed by atoms with van der Waals surface area (Å²) in [5, 5.41) is 5.49. The minimum Gasteiger partial charge on any atom is -0.323 e. The van der Waals surface area contributed by atoms with Gasteiger partial charge < -0.3 is 9.34 Å². The summed E-state index contributed by atoms with van der Waals surface area (Å²) in [5.74, 6) is 0.926. The molecular formula is C40H41N5P+. The molecule has 46 heavy (non-hydrogen) atoms. The van der Waals surface area contributed by atoms with E-state index in [0.717, 1.165) is 41.4 Å². The van der Waals surface area contributed by atoms with Gasteiger partial charge in [0.2, 0.25) is 8.22 Å². The summed E-state index contributed by atoms with van der Waals surface area (Å²) >= 11 is 0. The second-order valence-corrected chi connectivity index (χ2v) is 14.4. The van der Waals surface area contributed by atoms with Gasteiger partial charge in [-0.25, -0.2) is 0 Å². The Hall–Kier alpha value is -4.73. The number of nitrogens with zero attached hydrogens (tertiary/aromatic N) is 5. The summed E-state index contributed by atoms with van der Waals surface area (Å²) < 4.78 is 9.99. The third-order valence-electron chi connectivity index (χ3n) is 8.79. The molecule has 2 heterocycles. The van der Waals surface area contributed by atoms with E-state index in [0.29, 0.717) is 0 Å². The van der Waals surface area contributed by atoms with E-state index in [-0.39, 0.29) is 0 Å². The van der Waals surface area contributed by atoms with Crippen LogP contribution < -0.4 is 19.5 Å². The number of rotatable bonds is 6. The van der Waals surface area contributed by atoms with Crippen LogP contribution in [0.1, 0.15) is 33.4 Å². The van der Waals surface area contributed by atoms with Crippen molar-refractivity contribution in [2.24, 2.45) is 0 Å². The first kappa shape index (κ1) is 30.0. The second kappa shape index (κ2) is 12.2. The SMILES string of the molecule is Cc1cc(C)c(N2CCN(c3c(C)cc(C)cc3C)P2c2n(-c3ccccc3)nc(-c3ccccc3)[n+]2-c2ccccc2)c(C)c1. The van der Waals surface area contributed by atoms with Crippen molar-refractivity contribution in [2.75, 3.05) is 22.4 Å². The number of anilines is 2. The Morgan fingerprint density at radius 3 is 1.48 bits per heavy atom. The second-order valence-electron chi connectivity index (χ2n) is 12.4. The van der Waals surface area contributed by atoms with Gasteiger partial charge in [0.15, 0.2) is 0 Å². The van der Waals surface area contributed by atoms with Crippen LogP contribution in [0.3, 0.4) is 0 Å². The Labute approximate surface area is 274 Å². The van der Waals surface area contributed by atoms with Crippen LogP contribution >= 0.6 is 8.22 Å². The van der Waals surface area contributed by atoms with Crippen LogP contribution in [0.4, 0.5) is 11.4 Å². The van der Waals surface area contributed by atoms with E-state index in [1.807, 2.05) is 0 Å². The van der Waals surface area contributed by atoms with Crippen molar-refractivity contribution >= 4 is 25.2 Å². The molecule has 0 aliphatic carbocycles. The predicted molar refractivity (Wildman–Crippen MR) is 193 cm³/mol. The topological polar surface area (TPSA) is 28.2 Å². The Bertz CT molecular complexity index is 1910. The molecule has 0 radical (unpaired) electrons. The zero-order valence-corrected chi connectivity index (χ0v) is 28.5. The summed E-state index contributed by atoms with van der Waals surface area (Å²) in [6.45, 7) is 15.3. The molecule has 0 atom stereocenters. The van der Waals surface area contributed by atoms with Gasteiger partial charge in [-0.1, -0.05) is 94.7 Å². The molecule has 1 aliphatic heterocycles. The standard InChI is InChI=1S/C40H41N5P/c1-28-24-30(3)37(31(4)25-28)42-22-23-43(38-32(5)26-29(2)27-33(38)6)46(42)40-44(35-18-12-8-13-19-35)39(34-16-10-7-11-17-34)41-45(40)36-20-14-9-15-21-36/h7-21,24-27H,22-23H2,1-6H3/q+1. The van der Waals surface area contributed by atoms with E-state index in [4.69, 9.17) is 5.10 Å². The van der Waals surface area contributed by atoms with Crippen LogP contribution in [0.2, 0.25) is 0 Å². The molecular weight excluding hydrogens is 581 g/mol. The van der Waals surface area contributed by atoms with Crippen molar-refractivity contribution in [1.29, 1.82) is 0 Å². The van der Waals surface area contributed by atoms with E-state index in [1.165, 1.54) is 44.8 Å². The molecule has 1 saturated heterocycles. The average Bonchev–Trinajstić information content (AvgIpc) is 3.63. The lowest BCUT2D eigenvalue weighted by Crippen LogP contribution is -2.50. The summed E-state index contributed by atoms with van der Waals surface area (Å²) in [4.78, 5) is 0. The van der Waals surface area contributed by atoms with E-state index in [1.54, 1.807) is 0 Å². The summed E-state index contributed by atoms with van der Waals surface area (Å²) in [6.07, 6.45) is 0. The molecule has 0 spiro atoms. The third kappa shape index (κ3) is 5.29. The number of hydrogen-bond donors (Lipinski definition) is 0. The molecule has 0 N–H and O–H groups in total. The Balaban J connectivity index is 1.60. The fourth-order valence-electron chi connectivity index (χ4n) is 7.18. The minimum atomic E-state index is -1.13. The quantitative estimate of drug-likeness (QED) is 0.138. The smallest absolute Gasteiger partial charge is 0.314 e. The minimum absolute atomic E-state index is 0.915. The number of hydrogen-bond acceptors (Lipinski definition) is 3. The van der Waals surface area contributed by atoms with Crippen molar-refractivity contribution < 1.29 is 4.57 Å². The Morgan fingerprint density at radius 1 is 0.565 bits per heavy atom. The van der Waals surface area contributed by atoms with Crippen LogP contribution in [0, 0.1) is 41.5 Å². The highest BCUT2D eigenvalue weighted by molar-refractivity contribution is 7.68. The summed E-state index contributed by atoms with van der Waals surface area (Å²) in [6, 6.07) is 41.3. The van der Waals surface area contributed by atoms with Gasteiger partial charge in [-0.05, 0) is 100 Å². The zero-order valence-electron chi connectivity index (χ0n) is 27.6. The average molecular weight is 623 g/mol. The number of aromatic nitrogens is 3. The fourth-order valence-corrected chi connectivity index (χ4v) is 10.2. The highest BCUT2D eigenvalue weighted by atomic mass is 31.1. The highest BCUT2D eigenvalue weighted by Gasteiger charge is 2.47. The molecule has 7 rings (SSSR count). The lowest BCUT2D eigenvalue weighted by molar-refractivity contribution is -0.564. The summed E-state index contributed by atoms with van der Waals surface area (Å²) in [7, 11) is -1.13. The summed E-state index contributed by atoms with van der Waals surface area (Å²) in [5.41, 5.74) is 14.9. The first-order chi connectivity index (χ1) is 22.3. The van der Waals surface area contributed by atoms with Crippen molar-refractivity contribution in [3.8, 4) is 22.8 Å². The van der Waals surface area contributed by atoms with Gasteiger partial charge in [0, 0.05) is 24.5 Å². The van der Waals surface area contributed by atoms with E-state index in [2.05, 4.69) is 175 Å². The van der Waals surface area contributed by atoms with Gasteiger partial charge in [-0.3, -0.25) is 0 Å². The van der Waals surface area contributed by atoms with Crippen LogP contribution in [-0.2, 0) is 0 Å². The largest absolute Gasteiger partial charge is 0.323 e. The molecule has 1 fully saturated rings. The fraction of sp³-hybridized carbons (Fsp3) is 0.200. The van der Waals surface area contributed by atoms with Crippen molar-refractivity contribution in [3.63, 3.8) is 0 Å². The molecule has 6 heteroatoms. The van der Waals surface area contributed by atoms with Crippen LogP contribution in [0.5, 0.6) is 0 Å². The first-order valence-corrected chi connectivity index (χ1v) is 17.3. The Morgan fingerprint density at radius 2 is 1.00 bits per heavy atom. The maximum absolute atomic E-state index is 5.49. The molecule has 0 amide bonds. The van der Waals surface area contributed by atoms with Crippen LogP contribution in [0.15, 0.2) is 115 Å². The van der Waals surface area contributed by atoms with Crippen LogP contribution in [-0.4, -0.2) is 22.9 Å². The maximum atomic E-state index is 5.49. The van der Waals surface area contributed by atoms with Gasteiger partial charge in [0.1, 0.15) is 11.4 Å².